The van der Waals surface area contributed by atoms with Crippen LogP contribution < -0.4 is 5.48 Å². The summed E-state index contributed by atoms with van der Waals surface area (Å²) < 4.78 is 22.4. The van der Waals surface area contributed by atoms with Gasteiger partial charge in [-0.3, -0.25) is 9.63 Å². The van der Waals surface area contributed by atoms with Gasteiger partial charge in [-0.2, -0.15) is 0 Å². The molecule has 5 nitrogen and oxygen atoms in total. The van der Waals surface area contributed by atoms with Gasteiger partial charge in [0.05, 0.1) is 12.0 Å². The minimum absolute atomic E-state index is 0.178. The lowest BCUT2D eigenvalue weighted by molar-refractivity contribution is -0.131. The minimum Gasteiger partial charge on any atom is -0.277 e. The van der Waals surface area contributed by atoms with Gasteiger partial charge in [-0.1, -0.05) is 12.1 Å². The van der Waals surface area contributed by atoms with Gasteiger partial charge in [-0.15, -0.1) is 11.6 Å². The maximum atomic E-state index is 11.3. The summed E-state index contributed by atoms with van der Waals surface area (Å²) >= 11 is 5.86. The SMILES string of the molecule is CONC(=O)C(Cl)c1ccc(S(C)(=O)=O)cc1. The highest BCUT2D eigenvalue weighted by atomic mass is 35.5. The molecule has 94 valence electrons. The number of amides is 1. The fourth-order valence-electron chi connectivity index (χ4n) is 1.19. The largest absolute Gasteiger partial charge is 0.277 e. The van der Waals surface area contributed by atoms with Crippen LogP contribution in [0.2, 0.25) is 0 Å². The number of carbonyl (C=O) groups is 1. The van der Waals surface area contributed by atoms with Gasteiger partial charge in [0.1, 0.15) is 5.38 Å². The molecule has 0 aliphatic rings. The van der Waals surface area contributed by atoms with Gasteiger partial charge in [0.2, 0.25) is 0 Å². The van der Waals surface area contributed by atoms with Gasteiger partial charge < -0.3 is 0 Å². The molecule has 1 rings (SSSR count). The molecule has 0 heterocycles. The smallest absolute Gasteiger partial charge is 0.266 e. The fourth-order valence-corrected chi connectivity index (χ4v) is 2.01. The zero-order valence-electron chi connectivity index (χ0n) is 9.31. The highest BCUT2D eigenvalue weighted by Gasteiger charge is 2.18. The van der Waals surface area contributed by atoms with Crippen LogP contribution in [-0.4, -0.2) is 27.7 Å². The lowest BCUT2D eigenvalue weighted by atomic mass is 10.1. The molecule has 0 aliphatic carbocycles. The summed E-state index contributed by atoms with van der Waals surface area (Å²) in [5, 5.41) is -0.927. The first-order valence-corrected chi connectivity index (χ1v) is 6.96. The summed E-state index contributed by atoms with van der Waals surface area (Å²) in [5.74, 6) is -0.513. The number of benzene rings is 1. The molecule has 0 aliphatic heterocycles. The van der Waals surface area contributed by atoms with Crippen molar-refractivity contribution in [1.82, 2.24) is 5.48 Å². The summed E-state index contributed by atoms with van der Waals surface area (Å²) in [7, 11) is -1.94. The maximum absolute atomic E-state index is 11.3. The summed E-state index contributed by atoms with van der Waals surface area (Å²) in [6.45, 7) is 0. The molecule has 0 bridgehead atoms. The van der Waals surface area contributed by atoms with E-state index in [1.165, 1.54) is 31.4 Å². The van der Waals surface area contributed by atoms with E-state index >= 15 is 0 Å². The third-order valence-electron chi connectivity index (χ3n) is 2.03. The van der Waals surface area contributed by atoms with Crippen molar-refractivity contribution in [3.8, 4) is 0 Å². The van der Waals surface area contributed by atoms with Crippen molar-refractivity contribution >= 4 is 27.3 Å². The molecule has 0 saturated heterocycles. The van der Waals surface area contributed by atoms with Gasteiger partial charge in [-0.25, -0.2) is 13.9 Å². The van der Waals surface area contributed by atoms with Crippen molar-refractivity contribution < 1.29 is 18.0 Å². The van der Waals surface area contributed by atoms with E-state index < -0.39 is 21.1 Å². The number of sulfone groups is 1. The molecule has 17 heavy (non-hydrogen) atoms. The summed E-state index contributed by atoms with van der Waals surface area (Å²) in [5.41, 5.74) is 2.59. The molecule has 1 aromatic carbocycles. The Labute approximate surface area is 105 Å². The van der Waals surface area contributed by atoms with Crippen LogP contribution in [0.1, 0.15) is 10.9 Å². The summed E-state index contributed by atoms with van der Waals surface area (Å²) in [4.78, 5) is 16.0. The maximum Gasteiger partial charge on any atom is 0.266 e. The van der Waals surface area contributed by atoms with E-state index in [4.69, 9.17) is 11.6 Å². The second-order valence-electron chi connectivity index (χ2n) is 3.37. The van der Waals surface area contributed by atoms with Crippen LogP contribution in [0.3, 0.4) is 0 Å². The second-order valence-corrected chi connectivity index (χ2v) is 5.83. The average molecular weight is 278 g/mol. The van der Waals surface area contributed by atoms with Gasteiger partial charge >= 0.3 is 0 Å². The van der Waals surface area contributed by atoms with Crippen LogP contribution in [0.4, 0.5) is 0 Å². The number of rotatable bonds is 4. The summed E-state index contributed by atoms with van der Waals surface area (Å²) in [6.07, 6.45) is 1.11. The quantitative estimate of drug-likeness (QED) is 0.659. The number of nitrogens with one attached hydrogen (secondary N) is 1. The Hall–Kier alpha value is -1.11. The molecule has 0 radical (unpaired) electrons. The number of carbonyl (C=O) groups excluding carboxylic acids is 1. The van der Waals surface area contributed by atoms with E-state index in [0.29, 0.717) is 5.56 Å². The lowest BCUT2D eigenvalue weighted by Gasteiger charge is -2.09. The molecule has 0 saturated carbocycles. The van der Waals surface area contributed by atoms with Crippen molar-refractivity contribution in [1.29, 1.82) is 0 Å². The molecule has 0 aromatic heterocycles. The van der Waals surface area contributed by atoms with Gasteiger partial charge in [0, 0.05) is 6.26 Å². The number of hydroxylamine groups is 1. The van der Waals surface area contributed by atoms with Crippen molar-refractivity contribution in [2.75, 3.05) is 13.4 Å². The number of hydrogen-bond donors (Lipinski definition) is 1. The van der Waals surface area contributed by atoms with Crippen LogP contribution in [0.25, 0.3) is 0 Å². The zero-order valence-corrected chi connectivity index (χ0v) is 10.9. The lowest BCUT2D eigenvalue weighted by Crippen LogP contribution is -2.25. The van der Waals surface area contributed by atoms with Crippen LogP contribution in [0.5, 0.6) is 0 Å². The first kappa shape index (κ1) is 14.0. The minimum atomic E-state index is -3.24. The van der Waals surface area contributed by atoms with Crippen LogP contribution in [0.15, 0.2) is 29.2 Å². The summed E-state index contributed by atoms with van der Waals surface area (Å²) in [6, 6.07) is 5.78. The van der Waals surface area contributed by atoms with E-state index in [2.05, 4.69) is 10.3 Å². The van der Waals surface area contributed by atoms with Crippen molar-refractivity contribution in [3.05, 3.63) is 29.8 Å². The average Bonchev–Trinajstić information content (AvgIpc) is 2.27. The van der Waals surface area contributed by atoms with E-state index in [1.807, 2.05) is 0 Å². The first-order chi connectivity index (χ1) is 7.86. The predicted molar refractivity (Wildman–Crippen MR) is 63.3 cm³/mol. The molecule has 1 aromatic rings. The molecular weight excluding hydrogens is 266 g/mol. The van der Waals surface area contributed by atoms with Crippen molar-refractivity contribution in [2.24, 2.45) is 0 Å². The van der Waals surface area contributed by atoms with Crippen LogP contribution in [-0.2, 0) is 19.5 Å². The Bertz CT molecular complexity index is 498. The Kier molecular flexibility index (Phi) is 4.50. The normalized spacial score (nSPS) is 13.1. The van der Waals surface area contributed by atoms with Gasteiger partial charge in [0.15, 0.2) is 9.84 Å². The monoisotopic (exact) mass is 277 g/mol. The number of alkyl halides is 1. The highest BCUT2D eigenvalue weighted by molar-refractivity contribution is 7.90. The molecule has 1 unspecified atom stereocenters. The molecular formula is C10H12ClNO4S. The Morgan fingerprint density at radius 1 is 1.35 bits per heavy atom. The first-order valence-electron chi connectivity index (χ1n) is 4.63. The standard InChI is InChI=1S/C10H12ClNO4S/c1-16-12-10(13)9(11)7-3-5-8(6-4-7)17(2,14)15/h3-6,9H,1-2H3,(H,12,13). The molecule has 1 N–H and O–H groups in total. The van der Waals surface area contributed by atoms with Gasteiger partial charge in [-0.05, 0) is 17.7 Å². The van der Waals surface area contributed by atoms with Crippen molar-refractivity contribution in [2.45, 2.75) is 10.3 Å². The number of halogens is 1. The fraction of sp³-hybridized carbons (Fsp3) is 0.300. The topological polar surface area (TPSA) is 72.5 Å². The van der Waals surface area contributed by atoms with Crippen LogP contribution >= 0.6 is 11.6 Å². The third kappa shape index (κ3) is 3.69. The Morgan fingerprint density at radius 2 is 1.88 bits per heavy atom. The van der Waals surface area contributed by atoms with E-state index in [9.17, 15) is 13.2 Å². The molecule has 0 fully saturated rings. The van der Waals surface area contributed by atoms with E-state index in [1.54, 1.807) is 0 Å². The molecule has 1 amide bonds. The third-order valence-corrected chi connectivity index (χ3v) is 3.61. The van der Waals surface area contributed by atoms with E-state index in [0.717, 1.165) is 6.26 Å². The highest BCUT2D eigenvalue weighted by Crippen LogP contribution is 2.22. The predicted octanol–water partition coefficient (Wildman–Crippen LogP) is 1.05. The Morgan fingerprint density at radius 3 is 2.29 bits per heavy atom. The van der Waals surface area contributed by atoms with Gasteiger partial charge in [0.25, 0.3) is 5.91 Å². The van der Waals surface area contributed by atoms with Crippen molar-refractivity contribution in [3.63, 3.8) is 0 Å². The molecule has 1 atom stereocenters. The van der Waals surface area contributed by atoms with E-state index in [-0.39, 0.29) is 4.90 Å². The molecule has 7 heteroatoms. The molecule has 0 spiro atoms. The number of hydrogen-bond acceptors (Lipinski definition) is 4. The zero-order chi connectivity index (χ0) is 13.1. The van der Waals surface area contributed by atoms with Crippen LogP contribution in [0, 0.1) is 0 Å². The second kappa shape index (κ2) is 5.48. The Balaban J connectivity index is 2.92.